The van der Waals surface area contributed by atoms with E-state index in [0.29, 0.717) is 5.92 Å². The van der Waals surface area contributed by atoms with Crippen molar-refractivity contribution in [2.24, 2.45) is 5.92 Å². The second-order valence-electron chi connectivity index (χ2n) is 9.07. The molecule has 0 saturated carbocycles. The monoisotopic (exact) mass is 373 g/mol. The third-order valence-corrected chi connectivity index (χ3v) is 6.12. The predicted molar refractivity (Wildman–Crippen MR) is 118 cm³/mol. The van der Waals surface area contributed by atoms with Gasteiger partial charge in [0.25, 0.3) is 0 Å². The van der Waals surface area contributed by atoms with Gasteiger partial charge in [-0.25, -0.2) is 0 Å². The molecule has 0 aliphatic carbocycles. The highest BCUT2D eigenvalue weighted by Gasteiger charge is 2.30. The molecular formula is C26H31NO. The first-order chi connectivity index (χ1) is 13.4. The molecule has 4 rings (SSSR count). The molecule has 0 spiro atoms. The van der Waals surface area contributed by atoms with Crippen LogP contribution in [-0.2, 0) is 16.6 Å². The maximum atomic E-state index is 5.62. The Hall–Kier alpha value is -2.19. The Morgan fingerprint density at radius 1 is 1.04 bits per heavy atom. The topological polar surface area (TPSA) is 22.1 Å². The smallest absolute Gasteiger partial charge is 0.0780 e. The quantitative estimate of drug-likeness (QED) is 0.522. The summed E-state index contributed by atoms with van der Waals surface area (Å²) in [7, 11) is 0. The van der Waals surface area contributed by atoms with Crippen molar-refractivity contribution in [3.8, 4) is 11.3 Å². The van der Waals surface area contributed by atoms with Crippen LogP contribution in [0.2, 0.25) is 0 Å². The van der Waals surface area contributed by atoms with E-state index < -0.39 is 0 Å². The highest BCUT2D eigenvalue weighted by Crippen LogP contribution is 2.37. The van der Waals surface area contributed by atoms with Crippen LogP contribution in [0.1, 0.15) is 50.3 Å². The van der Waals surface area contributed by atoms with Crippen LogP contribution in [0.4, 0.5) is 0 Å². The number of pyridine rings is 1. The van der Waals surface area contributed by atoms with Crippen LogP contribution in [0.3, 0.4) is 0 Å². The van der Waals surface area contributed by atoms with Crippen molar-refractivity contribution in [1.82, 2.24) is 4.98 Å². The number of fused-ring (bicyclic) bond motifs is 1. The number of aromatic nitrogens is 1. The Kier molecular flexibility index (Phi) is 5.25. The zero-order chi connectivity index (χ0) is 19.7. The fraction of sp³-hybridized carbons (Fsp3) is 0.423. The minimum Gasteiger partial charge on any atom is -0.381 e. The molecule has 0 atom stereocenters. The fourth-order valence-electron chi connectivity index (χ4n) is 4.43. The van der Waals surface area contributed by atoms with Gasteiger partial charge in [-0.3, -0.25) is 4.98 Å². The second-order valence-corrected chi connectivity index (χ2v) is 9.07. The molecule has 0 radical (unpaired) electrons. The maximum absolute atomic E-state index is 5.62. The molecule has 2 aromatic carbocycles. The Labute approximate surface area is 169 Å². The molecule has 146 valence electrons. The van der Waals surface area contributed by atoms with Gasteiger partial charge in [-0.1, -0.05) is 50.6 Å². The van der Waals surface area contributed by atoms with E-state index in [9.17, 15) is 0 Å². The van der Waals surface area contributed by atoms with Gasteiger partial charge in [-0.15, -0.1) is 0 Å². The van der Waals surface area contributed by atoms with E-state index in [1.54, 1.807) is 0 Å². The van der Waals surface area contributed by atoms with E-state index in [1.165, 1.54) is 33.0 Å². The number of benzene rings is 2. The lowest BCUT2D eigenvalue weighted by atomic mass is 9.75. The van der Waals surface area contributed by atoms with Crippen molar-refractivity contribution in [3.05, 3.63) is 65.4 Å². The molecule has 1 fully saturated rings. The van der Waals surface area contributed by atoms with Gasteiger partial charge in [0.2, 0.25) is 0 Å². The van der Waals surface area contributed by atoms with E-state index >= 15 is 0 Å². The number of rotatable bonds is 4. The third-order valence-electron chi connectivity index (χ3n) is 6.12. The normalized spacial score (nSPS) is 16.6. The number of ether oxygens (including phenoxy) is 1. The zero-order valence-corrected chi connectivity index (χ0v) is 17.6. The summed E-state index contributed by atoms with van der Waals surface area (Å²) in [4.78, 5) is 4.79. The van der Waals surface area contributed by atoms with Crippen molar-refractivity contribution in [2.75, 3.05) is 13.2 Å². The van der Waals surface area contributed by atoms with Crippen molar-refractivity contribution < 1.29 is 4.74 Å². The van der Waals surface area contributed by atoms with Crippen LogP contribution >= 0.6 is 0 Å². The average molecular weight is 374 g/mol. The summed E-state index contributed by atoms with van der Waals surface area (Å²) >= 11 is 0. The van der Waals surface area contributed by atoms with E-state index in [4.69, 9.17) is 9.72 Å². The Morgan fingerprint density at radius 3 is 2.57 bits per heavy atom. The first kappa shape index (κ1) is 19.1. The Bertz CT molecular complexity index is 983. The first-order valence-electron chi connectivity index (χ1n) is 10.5. The Balaban J connectivity index is 1.79. The van der Waals surface area contributed by atoms with E-state index in [0.717, 1.165) is 38.2 Å². The predicted octanol–water partition coefficient (Wildman–Crippen LogP) is 6.48. The summed E-state index contributed by atoms with van der Waals surface area (Å²) < 4.78 is 5.62. The minimum atomic E-state index is 0.189. The molecule has 1 aromatic heterocycles. The maximum Gasteiger partial charge on any atom is 0.0780 e. The molecule has 2 heterocycles. The first-order valence-corrected chi connectivity index (χ1v) is 10.5. The summed E-state index contributed by atoms with van der Waals surface area (Å²) in [6.07, 6.45) is 5.23. The molecular weight excluding hydrogens is 342 g/mol. The largest absolute Gasteiger partial charge is 0.381 e. The van der Waals surface area contributed by atoms with Crippen molar-refractivity contribution in [2.45, 2.75) is 52.4 Å². The van der Waals surface area contributed by atoms with Crippen LogP contribution in [0.15, 0.2) is 48.7 Å². The third kappa shape index (κ3) is 3.84. The van der Waals surface area contributed by atoms with Gasteiger partial charge in [0.15, 0.2) is 0 Å². The zero-order valence-electron chi connectivity index (χ0n) is 17.6. The lowest BCUT2D eigenvalue weighted by molar-refractivity contribution is 0.0564. The van der Waals surface area contributed by atoms with Gasteiger partial charge in [-0.2, -0.15) is 0 Å². The molecule has 28 heavy (non-hydrogen) atoms. The molecule has 3 aromatic rings. The number of aryl methyl sites for hydroxylation is 1. The molecule has 1 aliphatic heterocycles. The number of hydrogen-bond donors (Lipinski definition) is 0. The van der Waals surface area contributed by atoms with Gasteiger partial charge in [0.05, 0.1) is 5.69 Å². The summed E-state index contributed by atoms with van der Waals surface area (Å²) in [6.45, 7) is 10.8. The van der Waals surface area contributed by atoms with Crippen molar-refractivity contribution >= 4 is 10.8 Å². The van der Waals surface area contributed by atoms with E-state index in [-0.39, 0.29) is 5.41 Å². The fourth-order valence-corrected chi connectivity index (χ4v) is 4.43. The van der Waals surface area contributed by atoms with Gasteiger partial charge < -0.3 is 4.74 Å². The summed E-state index contributed by atoms with van der Waals surface area (Å²) in [5.74, 6) is 0.665. The molecule has 2 nitrogen and oxygen atoms in total. The molecule has 0 bridgehead atoms. The second kappa shape index (κ2) is 7.67. The van der Waals surface area contributed by atoms with Crippen molar-refractivity contribution in [1.29, 1.82) is 0 Å². The molecule has 2 heteroatoms. The highest BCUT2D eigenvalue weighted by molar-refractivity contribution is 5.95. The molecule has 1 saturated heterocycles. The van der Waals surface area contributed by atoms with Gasteiger partial charge in [-0.05, 0) is 72.2 Å². The molecule has 0 unspecified atom stereocenters. The number of hydrogen-bond acceptors (Lipinski definition) is 2. The van der Waals surface area contributed by atoms with Gasteiger partial charge >= 0.3 is 0 Å². The SMILES string of the molecule is Cc1cc(-c2nccc3cc(CC(C)C)ccc23)cc(C2(C)CCOCC2)c1. The average Bonchev–Trinajstić information content (AvgIpc) is 2.67. The van der Waals surface area contributed by atoms with Crippen LogP contribution in [-0.4, -0.2) is 18.2 Å². The van der Waals surface area contributed by atoms with Gasteiger partial charge in [0.1, 0.15) is 0 Å². The molecule has 0 amide bonds. The summed E-state index contributed by atoms with van der Waals surface area (Å²) in [5.41, 5.74) is 6.63. The van der Waals surface area contributed by atoms with Gasteiger partial charge in [0, 0.05) is 30.4 Å². The lowest BCUT2D eigenvalue weighted by Crippen LogP contribution is -2.30. The molecule has 0 N–H and O–H groups in total. The van der Waals surface area contributed by atoms with Crippen LogP contribution in [0.5, 0.6) is 0 Å². The standard InChI is InChI=1S/C26H31NO/c1-18(2)13-20-5-6-24-21(16-20)7-10-27-25(24)22-14-19(3)15-23(17-22)26(4)8-11-28-12-9-26/h5-7,10,14-18H,8-9,11-13H2,1-4H3. The minimum absolute atomic E-state index is 0.189. The lowest BCUT2D eigenvalue weighted by Gasteiger charge is -2.34. The van der Waals surface area contributed by atoms with Crippen LogP contribution < -0.4 is 0 Å². The summed E-state index contributed by atoms with van der Waals surface area (Å²) in [6, 6.07) is 16.0. The Morgan fingerprint density at radius 2 is 1.82 bits per heavy atom. The molecule has 1 aliphatic rings. The number of nitrogens with zero attached hydrogens (tertiary/aromatic N) is 1. The summed E-state index contributed by atoms with van der Waals surface area (Å²) in [5, 5.41) is 2.52. The highest BCUT2D eigenvalue weighted by atomic mass is 16.5. The van der Waals surface area contributed by atoms with Crippen molar-refractivity contribution in [3.63, 3.8) is 0 Å². The van der Waals surface area contributed by atoms with Crippen LogP contribution in [0.25, 0.3) is 22.0 Å². The van der Waals surface area contributed by atoms with E-state index in [2.05, 4.69) is 70.2 Å². The van der Waals surface area contributed by atoms with Crippen LogP contribution in [0, 0.1) is 12.8 Å². The van der Waals surface area contributed by atoms with E-state index in [1.807, 2.05) is 6.20 Å².